The van der Waals surface area contributed by atoms with Crippen molar-refractivity contribution in [2.45, 2.75) is 12.5 Å². The molecule has 0 heterocycles. The summed E-state index contributed by atoms with van der Waals surface area (Å²) in [6.07, 6.45) is 0.757. The van der Waals surface area contributed by atoms with Crippen LogP contribution in [-0.2, 0) is 6.42 Å². The average Bonchev–Trinajstić information content (AvgIpc) is 2.34. The molecule has 2 aromatic carbocycles. The first kappa shape index (κ1) is 14.5. The molecule has 4 heteroatoms. The van der Waals surface area contributed by atoms with Crippen molar-refractivity contribution in [3.05, 3.63) is 68.9 Å². The fraction of sp³-hybridized carbons (Fsp3) is 0.200. The van der Waals surface area contributed by atoms with Crippen molar-refractivity contribution in [2.24, 2.45) is 0 Å². The summed E-state index contributed by atoms with van der Waals surface area (Å²) in [7, 11) is 1.87. The fourth-order valence-corrected chi connectivity index (χ4v) is 2.76. The predicted molar refractivity (Wildman–Crippen MR) is 81.1 cm³/mol. The minimum Gasteiger partial charge on any atom is -0.313 e. The Morgan fingerprint density at radius 2 is 2.05 bits per heavy atom. The highest BCUT2D eigenvalue weighted by atomic mass is 79.9. The fourth-order valence-electron chi connectivity index (χ4n) is 2.06. The second-order valence-electron chi connectivity index (χ2n) is 4.38. The van der Waals surface area contributed by atoms with Crippen LogP contribution in [0.2, 0.25) is 5.02 Å². The maximum atomic E-state index is 13.4. The van der Waals surface area contributed by atoms with Crippen molar-refractivity contribution < 1.29 is 4.39 Å². The van der Waals surface area contributed by atoms with Gasteiger partial charge in [0.25, 0.3) is 0 Å². The Hall–Kier alpha value is -0.900. The molecule has 2 aromatic rings. The van der Waals surface area contributed by atoms with E-state index in [0.29, 0.717) is 5.02 Å². The number of halogens is 3. The summed E-state index contributed by atoms with van der Waals surface area (Å²) in [5, 5.41) is 3.93. The molecule has 0 aliphatic heterocycles. The topological polar surface area (TPSA) is 12.0 Å². The van der Waals surface area contributed by atoms with Crippen LogP contribution in [0.25, 0.3) is 0 Å². The molecule has 0 aliphatic carbocycles. The van der Waals surface area contributed by atoms with E-state index in [1.54, 1.807) is 6.07 Å². The zero-order chi connectivity index (χ0) is 13.8. The van der Waals surface area contributed by atoms with Gasteiger partial charge in [-0.25, -0.2) is 4.39 Å². The molecule has 0 radical (unpaired) electrons. The summed E-state index contributed by atoms with van der Waals surface area (Å²) in [6.45, 7) is 0. The molecule has 2 rings (SSSR count). The van der Waals surface area contributed by atoms with Crippen molar-refractivity contribution in [3.8, 4) is 0 Å². The Balaban J connectivity index is 2.24. The lowest BCUT2D eigenvalue weighted by atomic mass is 9.99. The van der Waals surface area contributed by atoms with Crippen LogP contribution in [0.1, 0.15) is 17.2 Å². The van der Waals surface area contributed by atoms with Crippen LogP contribution in [0.4, 0.5) is 4.39 Å². The van der Waals surface area contributed by atoms with Gasteiger partial charge in [0.15, 0.2) is 0 Å². The molecule has 0 saturated carbocycles. The summed E-state index contributed by atoms with van der Waals surface area (Å²) in [4.78, 5) is 0. The highest BCUT2D eigenvalue weighted by Crippen LogP contribution is 2.24. The minimum atomic E-state index is -0.240. The van der Waals surface area contributed by atoms with E-state index in [0.717, 1.165) is 22.0 Å². The van der Waals surface area contributed by atoms with E-state index in [9.17, 15) is 4.39 Å². The summed E-state index contributed by atoms with van der Waals surface area (Å²) in [5.41, 5.74) is 2.03. The van der Waals surface area contributed by atoms with Crippen molar-refractivity contribution in [1.82, 2.24) is 5.32 Å². The third-order valence-electron chi connectivity index (χ3n) is 2.96. The van der Waals surface area contributed by atoms with Gasteiger partial charge < -0.3 is 5.32 Å². The molecule has 1 nitrogen and oxygen atoms in total. The number of likely N-dealkylation sites (N-methyl/N-ethyl adjacent to an activating group) is 1. The summed E-state index contributed by atoms with van der Waals surface area (Å²) in [5.74, 6) is -0.240. The van der Waals surface area contributed by atoms with Gasteiger partial charge in [0, 0.05) is 15.5 Å². The second kappa shape index (κ2) is 6.51. The number of nitrogens with one attached hydrogen (secondary N) is 1. The SMILES string of the molecule is CNC(Cc1cccc(Cl)c1)c1cc(F)cc(Br)c1. The Morgan fingerprint density at radius 1 is 1.26 bits per heavy atom. The highest BCUT2D eigenvalue weighted by Gasteiger charge is 2.12. The molecule has 1 N–H and O–H groups in total. The first-order valence-corrected chi connectivity index (χ1v) is 7.13. The minimum absolute atomic E-state index is 0.0467. The quantitative estimate of drug-likeness (QED) is 0.846. The van der Waals surface area contributed by atoms with Gasteiger partial charge in [-0.1, -0.05) is 39.7 Å². The van der Waals surface area contributed by atoms with Crippen LogP contribution in [0.3, 0.4) is 0 Å². The van der Waals surface area contributed by atoms with Crippen molar-refractivity contribution in [1.29, 1.82) is 0 Å². The van der Waals surface area contributed by atoms with Gasteiger partial charge in [-0.3, -0.25) is 0 Å². The maximum absolute atomic E-state index is 13.4. The van der Waals surface area contributed by atoms with Crippen molar-refractivity contribution in [3.63, 3.8) is 0 Å². The van der Waals surface area contributed by atoms with E-state index in [-0.39, 0.29) is 11.9 Å². The molecule has 1 atom stereocenters. The molecule has 0 spiro atoms. The third kappa shape index (κ3) is 4.03. The van der Waals surface area contributed by atoms with E-state index in [2.05, 4.69) is 21.2 Å². The van der Waals surface area contributed by atoms with Gasteiger partial charge in [-0.2, -0.15) is 0 Å². The normalized spacial score (nSPS) is 12.4. The van der Waals surface area contributed by atoms with Crippen LogP contribution in [0, 0.1) is 5.82 Å². The number of rotatable bonds is 4. The van der Waals surface area contributed by atoms with E-state index >= 15 is 0 Å². The zero-order valence-electron chi connectivity index (χ0n) is 10.5. The lowest BCUT2D eigenvalue weighted by Gasteiger charge is -2.17. The number of hydrogen-bond donors (Lipinski definition) is 1. The third-order valence-corrected chi connectivity index (χ3v) is 3.66. The molecular weight excluding hydrogens is 329 g/mol. The van der Waals surface area contributed by atoms with Crippen LogP contribution < -0.4 is 5.32 Å². The van der Waals surface area contributed by atoms with Crippen LogP contribution in [0.5, 0.6) is 0 Å². The van der Waals surface area contributed by atoms with Gasteiger partial charge >= 0.3 is 0 Å². The zero-order valence-corrected chi connectivity index (χ0v) is 12.8. The van der Waals surface area contributed by atoms with Gasteiger partial charge in [0.05, 0.1) is 0 Å². The predicted octanol–water partition coefficient (Wildman–Crippen LogP) is 4.74. The molecular formula is C15H14BrClFN. The molecule has 19 heavy (non-hydrogen) atoms. The Kier molecular flexibility index (Phi) is 4.97. The number of benzene rings is 2. The molecule has 0 amide bonds. The largest absolute Gasteiger partial charge is 0.313 e. The van der Waals surface area contributed by atoms with E-state index < -0.39 is 0 Å². The monoisotopic (exact) mass is 341 g/mol. The van der Waals surface area contributed by atoms with Crippen LogP contribution >= 0.6 is 27.5 Å². The standard InChI is InChI=1S/C15H14BrClFN/c1-19-15(6-10-3-2-4-13(17)5-10)11-7-12(16)9-14(18)8-11/h2-5,7-9,15,19H,6H2,1H3. The van der Waals surface area contributed by atoms with Crippen LogP contribution in [0.15, 0.2) is 46.9 Å². The van der Waals surface area contributed by atoms with Crippen molar-refractivity contribution in [2.75, 3.05) is 7.05 Å². The van der Waals surface area contributed by atoms with Gasteiger partial charge in [-0.15, -0.1) is 0 Å². The van der Waals surface area contributed by atoms with E-state index in [1.165, 1.54) is 6.07 Å². The molecule has 0 saturated heterocycles. The summed E-state index contributed by atoms with van der Waals surface area (Å²) >= 11 is 9.30. The second-order valence-corrected chi connectivity index (χ2v) is 5.73. The van der Waals surface area contributed by atoms with E-state index in [4.69, 9.17) is 11.6 Å². The lowest BCUT2D eigenvalue weighted by molar-refractivity contribution is 0.576. The Labute approximate surface area is 125 Å². The first-order valence-electron chi connectivity index (χ1n) is 5.96. The maximum Gasteiger partial charge on any atom is 0.124 e. The van der Waals surface area contributed by atoms with E-state index in [1.807, 2.05) is 37.4 Å². The molecule has 0 fully saturated rings. The van der Waals surface area contributed by atoms with Crippen molar-refractivity contribution >= 4 is 27.5 Å². The molecule has 0 aliphatic rings. The molecule has 100 valence electrons. The molecule has 1 unspecified atom stereocenters. The highest BCUT2D eigenvalue weighted by molar-refractivity contribution is 9.10. The Bertz CT molecular complexity index is 554. The van der Waals surface area contributed by atoms with Crippen LogP contribution in [-0.4, -0.2) is 7.05 Å². The summed E-state index contributed by atoms with van der Waals surface area (Å²) in [6, 6.07) is 12.7. The number of hydrogen-bond acceptors (Lipinski definition) is 1. The molecule has 0 bridgehead atoms. The molecule has 0 aromatic heterocycles. The first-order chi connectivity index (χ1) is 9.08. The van der Waals surface area contributed by atoms with Gasteiger partial charge in [0.2, 0.25) is 0 Å². The smallest absolute Gasteiger partial charge is 0.124 e. The summed E-state index contributed by atoms with van der Waals surface area (Å²) < 4.78 is 14.2. The average molecular weight is 343 g/mol. The Morgan fingerprint density at radius 3 is 2.68 bits per heavy atom. The lowest BCUT2D eigenvalue weighted by Crippen LogP contribution is -2.19. The van der Waals surface area contributed by atoms with Gasteiger partial charge in [-0.05, 0) is 54.9 Å². The van der Waals surface area contributed by atoms with Gasteiger partial charge in [0.1, 0.15) is 5.82 Å².